The maximum absolute atomic E-state index is 11.4. The SMILES string of the molecule is COc1ccc(C(N)=O)c(OCc2ccc(Cl)c(Cl)c2)c1. The Morgan fingerprint density at radius 1 is 1.14 bits per heavy atom. The second-order valence-corrected chi connectivity index (χ2v) is 5.08. The quantitative estimate of drug-likeness (QED) is 0.912. The van der Waals surface area contributed by atoms with Crippen LogP contribution in [0.5, 0.6) is 11.5 Å². The van der Waals surface area contributed by atoms with Crippen molar-refractivity contribution in [3.63, 3.8) is 0 Å². The summed E-state index contributed by atoms with van der Waals surface area (Å²) < 4.78 is 10.7. The Balaban J connectivity index is 2.21. The molecule has 1 amide bonds. The van der Waals surface area contributed by atoms with E-state index in [1.807, 2.05) is 0 Å². The first-order valence-corrected chi connectivity index (χ1v) is 6.81. The van der Waals surface area contributed by atoms with E-state index in [1.54, 1.807) is 36.4 Å². The van der Waals surface area contributed by atoms with Crippen LogP contribution in [0.25, 0.3) is 0 Å². The Morgan fingerprint density at radius 3 is 2.52 bits per heavy atom. The Hall–Kier alpha value is -1.91. The number of carbonyl (C=O) groups excluding carboxylic acids is 1. The summed E-state index contributed by atoms with van der Waals surface area (Å²) in [6, 6.07) is 9.99. The minimum absolute atomic E-state index is 0.227. The Bertz CT molecular complexity index is 674. The summed E-state index contributed by atoms with van der Waals surface area (Å²) in [5.74, 6) is 0.360. The van der Waals surface area contributed by atoms with Gasteiger partial charge in [-0.2, -0.15) is 0 Å². The zero-order valence-electron chi connectivity index (χ0n) is 11.2. The first-order valence-electron chi connectivity index (χ1n) is 6.06. The number of methoxy groups -OCH3 is 1. The van der Waals surface area contributed by atoms with Crippen molar-refractivity contribution in [2.45, 2.75) is 6.61 Å². The standard InChI is InChI=1S/C15H13Cl2NO3/c1-20-10-3-4-11(15(18)19)14(7-10)21-8-9-2-5-12(16)13(17)6-9/h2-7H,8H2,1H3,(H2,18,19). The van der Waals surface area contributed by atoms with E-state index in [0.29, 0.717) is 21.5 Å². The maximum Gasteiger partial charge on any atom is 0.252 e. The molecule has 0 fully saturated rings. The third kappa shape index (κ3) is 3.80. The molecule has 0 aliphatic carbocycles. The van der Waals surface area contributed by atoms with Crippen LogP contribution in [0.4, 0.5) is 0 Å². The van der Waals surface area contributed by atoms with Gasteiger partial charge >= 0.3 is 0 Å². The van der Waals surface area contributed by atoms with Gasteiger partial charge in [-0.15, -0.1) is 0 Å². The van der Waals surface area contributed by atoms with Crippen molar-refractivity contribution in [3.05, 3.63) is 57.6 Å². The van der Waals surface area contributed by atoms with Gasteiger partial charge in [-0.25, -0.2) is 0 Å². The number of hydrogen-bond acceptors (Lipinski definition) is 3. The van der Waals surface area contributed by atoms with Gasteiger partial charge in [0.05, 0.1) is 22.7 Å². The summed E-state index contributed by atoms with van der Waals surface area (Å²) >= 11 is 11.8. The second kappa shape index (κ2) is 6.70. The molecular weight excluding hydrogens is 313 g/mol. The Labute approximate surface area is 132 Å². The lowest BCUT2D eigenvalue weighted by Gasteiger charge is -2.11. The summed E-state index contributed by atoms with van der Waals surface area (Å²) in [6.07, 6.45) is 0. The molecule has 0 heterocycles. The number of benzene rings is 2. The molecule has 2 aromatic carbocycles. The molecule has 110 valence electrons. The number of amides is 1. The van der Waals surface area contributed by atoms with Crippen molar-refractivity contribution in [3.8, 4) is 11.5 Å². The molecule has 0 spiro atoms. The van der Waals surface area contributed by atoms with Gasteiger partial charge < -0.3 is 15.2 Å². The number of hydrogen-bond donors (Lipinski definition) is 1. The number of carbonyl (C=O) groups is 1. The first-order chi connectivity index (χ1) is 10.0. The van der Waals surface area contributed by atoms with Gasteiger partial charge in [0, 0.05) is 6.07 Å². The molecule has 0 saturated carbocycles. The number of nitrogens with two attached hydrogens (primary N) is 1. The molecule has 0 radical (unpaired) electrons. The highest BCUT2D eigenvalue weighted by molar-refractivity contribution is 6.42. The molecule has 0 aromatic heterocycles. The van der Waals surface area contributed by atoms with Gasteiger partial charge in [0.1, 0.15) is 18.1 Å². The molecule has 0 aliphatic rings. The predicted molar refractivity (Wildman–Crippen MR) is 82.3 cm³/mol. The van der Waals surface area contributed by atoms with Crippen LogP contribution in [0, 0.1) is 0 Å². The highest BCUT2D eigenvalue weighted by Crippen LogP contribution is 2.27. The van der Waals surface area contributed by atoms with Crippen LogP contribution in [0.15, 0.2) is 36.4 Å². The summed E-state index contributed by atoms with van der Waals surface area (Å²) in [7, 11) is 1.53. The summed E-state index contributed by atoms with van der Waals surface area (Å²) in [5, 5.41) is 0.915. The molecule has 2 aromatic rings. The molecular formula is C15H13Cl2NO3. The zero-order valence-corrected chi connectivity index (χ0v) is 12.7. The Morgan fingerprint density at radius 2 is 1.90 bits per heavy atom. The van der Waals surface area contributed by atoms with Crippen molar-refractivity contribution in [1.29, 1.82) is 0 Å². The van der Waals surface area contributed by atoms with Crippen molar-refractivity contribution in [1.82, 2.24) is 0 Å². The average molecular weight is 326 g/mol. The van der Waals surface area contributed by atoms with Crippen LogP contribution in [-0.2, 0) is 6.61 Å². The smallest absolute Gasteiger partial charge is 0.252 e. The van der Waals surface area contributed by atoms with Crippen molar-refractivity contribution in [2.75, 3.05) is 7.11 Å². The number of halogens is 2. The Kier molecular flexibility index (Phi) is 4.94. The first kappa shape index (κ1) is 15.5. The molecule has 0 unspecified atom stereocenters. The highest BCUT2D eigenvalue weighted by Gasteiger charge is 2.11. The van der Waals surface area contributed by atoms with Gasteiger partial charge in [0.2, 0.25) is 0 Å². The molecule has 2 rings (SSSR count). The fourth-order valence-electron chi connectivity index (χ4n) is 1.74. The van der Waals surface area contributed by atoms with Crippen LogP contribution in [0.1, 0.15) is 15.9 Å². The van der Waals surface area contributed by atoms with Gasteiger partial charge in [-0.3, -0.25) is 4.79 Å². The van der Waals surface area contributed by atoms with E-state index >= 15 is 0 Å². The monoisotopic (exact) mass is 325 g/mol. The van der Waals surface area contributed by atoms with Gasteiger partial charge in [-0.1, -0.05) is 29.3 Å². The van der Waals surface area contributed by atoms with Crippen molar-refractivity contribution < 1.29 is 14.3 Å². The van der Waals surface area contributed by atoms with E-state index in [2.05, 4.69) is 0 Å². The third-order valence-corrected chi connectivity index (χ3v) is 3.57. The largest absolute Gasteiger partial charge is 0.497 e. The van der Waals surface area contributed by atoms with Crippen molar-refractivity contribution >= 4 is 29.1 Å². The van der Waals surface area contributed by atoms with E-state index in [1.165, 1.54) is 7.11 Å². The fourth-order valence-corrected chi connectivity index (χ4v) is 2.06. The molecule has 0 bridgehead atoms. The number of primary amides is 1. The number of ether oxygens (including phenoxy) is 2. The normalized spacial score (nSPS) is 10.2. The summed E-state index contributed by atoms with van der Waals surface area (Å²) in [5.41, 5.74) is 6.43. The van der Waals surface area contributed by atoms with E-state index in [4.69, 9.17) is 38.4 Å². The molecule has 0 aliphatic heterocycles. The molecule has 6 heteroatoms. The minimum atomic E-state index is -0.568. The summed E-state index contributed by atoms with van der Waals surface area (Å²) in [6.45, 7) is 0.227. The fraction of sp³-hybridized carbons (Fsp3) is 0.133. The number of rotatable bonds is 5. The predicted octanol–water partition coefficient (Wildman–Crippen LogP) is 3.68. The molecule has 0 saturated heterocycles. The van der Waals surface area contributed by atoms with Crippen LogP contribution < -0.4 is 15.2 Å². The lowest BCUT2D eigenvalue weighted by molar-refractivity contribution is 0.0996. The maximum atomic E-state index is 11.4. The van der Waals surface area contributed by atoms with Gasteiger partial charge in [0.15, 0.2) is 0 Å². The van der Waals surface area contributed by atoms with E-state index in [-0.39, 0.29) is 12.2 Å². The lowest BCUT2D eigenvalue weighted by atomic mass is 10.2. The molecule has 0 atom stereocenters. The van der Waals surface area contributed by atoms with Crippen LogP contribution in [0.3, 0.4) is 0 Å². The van der Waals surface area contributed by atoms with Gasteiger partial charge in [0.25, 0.3) is 5.91 Å². The molecule has 21 heavy (non-hydrogen) atoms. The average Bonchev–Trinajstić information content (AvgIpc) is 2.48. The van der Waals surface area contributed by atoms with Crippen LogP contribution in [0.2, 0.25) is 10.0 Å². The molecule has 2 N–H and O–H groups in total. The third-order valence-electron chi connectivity index (χ3n) is 2.83. The minimum Gasteiger partial charge on any atom is -0.497 e. The molecule has 4 nitrogen and oxygen atoms in total. The van der Waals surface area contributed by atoms with E-state index < -0.39 is 5.91 Å². The van der Waals surface area contributed by atoms with E-state index in [0.717, 1.165) is 5.56 Å². The zero-order chi connectivity index (χ0) is 15.4. The van der Waals surface area contributed by atoms with Crippen LogP contribution in [-0.4, -0.2) is 13.0 Å². The van der Waals surface area contributed by atoms with Crippen molar-refractivity contribution in [2.24, 2.45) is 5.73 Å². The lowest BCUT2D eigenvalue weighted by Crippen LogP contribution is -2.13. The van der Waals surface area contributed by atoms with E-state index in [9.17, 15) is 4.79 Å². The van der Waals surface area contributed by atoms with Crippen LogP contribution >= 0.6 is 23.2 Å². The topological polar surface area (TPSA) is 61.5 Å². The van der Waals surface area contributed by atoms with Gasteiger partial charge in [-0.05, 0) is 29.8 Å². The summed E-state index contributed by atoms with van der Waals surface area (Å²) in [4.78, 5) is 11.4. The highest BCUT2D eigenvalue weighted by atomic mass is 35.5. The second-order valence-electron chi connectivity index (χ2n) is 4.26.